The van der Waals surface area contributed by atoms with Crippen LogP contribution in [0.25, 0.3) is 0 Å². The van der Waals surface area contributed by atoms with E-state index in [1.165, 1.54) is 173 Å². The van der Waals surface area contributed by atoms with Crippen LogP contribution in [-0.2, 0) is 28.6 Å². The first-order valence-corrected chi connectivity index (χ1v) is 29.6. The first kappa shape index (κ1) is 65.4. The molecule has 0 aromatic rings. The highest BCUT2D eigenvalue weighted by Gasteiger charge is 2.19. The average molecular weight is 954 g/mol. The lowest BCUT2D eigenvalue weighted by molar-refractivity contribution is -0.167. The zero-order valence-corrected chi connectivity index (χ0v) is 45.4. The molecule has 0 aliphatic rings. The van der Waals surface area contributed by atoms with Gasteiger partial charge in [0.05, 0.1) is 0 Å². The molecule has 0 N–H and O–H groups in total. The first-order chi connectivity index (χ1) is 33.5. The maximum Gasteiger partial charge on any atom is 0.306 e. The van der Waals surface area contributed by atoms with E-state index >= 15 is 0 Å². The van der Waals surface area contributed by atoms with Gasteiger partial charge in [-0.2, -0.15) is 0 Å². The number of allylic oxidation sites excluding steroid dienone is 8. The summed E-state index contributed by atoms with van der Waals surface area (Å²) in [6.45, 7) is 6.48. The highest BCUT2D eigenvalue weighted by atomic mass is 16.6. The Morgan fingerprint density at radius 2 is 0.574 bits per heavy atom. The van der Waals surface area contributed by atoms with Gasteiger partial charge in [-0.3, -0.25) is 14.4 Å². The van der Waals surface area contributed by atoms with E-state index in [-0.39, 0.29) is 31.1 Å². The van der Waals surface area contributed by atoms with Gasteiger partial charge in [0.1, 0.15) is 13.2 Å². The van der Waals surface area contributed by atoms with Crippen LogP contribution in [0.2, 0.25) is 0 Å². The van der Waals surface area contributed by atoms with Gasteiger partial charge >= 0.3 is 17.9 Å². The third kappa shape index (κ3) is 54.3. The molecule has 396 valence electrons. The van der Waals surface area contributed by atoms with Gasteiger partial charge in [-0.25, -0.2) is 0 Å². The van der Waals surface area contributed by atoms with Gasteiger partial charge in [0.15, 0.2) is 6.10 Å². The zero-order valence-electron chi connectivity index (χ0n) is 45.4. The lowest BCUT2D eigenvalue weighted by atomic mass is 10.0. The second kappa shape index (κ2) is 57.0. The third-order valence-electron chi connectivity index (χ3n) is 13.1. The number of hydrogen-bond acceptors (Lipinski definition) is 6. The van der Waals surface area contributed by atoms with E-state index in [0.717, 1.165) is 96.3 Å². The van der Waals surface area contributed by atoms with Crippen molar-refractivity contribution in [1.82, 2.24) is 0 Å². The Morgan fingerprint density at radius 3 is 0.897 bits per heavy atom. The van der Waals surface area contributed by atoms with Crippen LogP contribution in [0, 0.1) is 0 Å². The second-order valence-electron chi connectivity index (χ2n) is 19.9. The minimum Gasteiger partial charge on any atom is -0.462 e. The third-order valence-corrected chi connectivity index (χ3v) is 13.1. The van der Waals surface area contributed by atoms with E-state index in [1.807, 2.05) is 0 Å². The van der Waals surface area contributed by atoms with Gasteiger partial charge in [-0.05, 0) is 57.8 Å². The Bertz CT molecular complexity index is 1190. The molecular weight excluding hydrogens is 841 g/mol. The summed E-state index contributed by atoms with van der Waals surface area (Å²) >= 11 is 0. The summed E-state index contributed by atoms with van der Waals surface area (Å²) in [6.07, 6.45) is 70.2. The van der Waals surface area contributed by atoms with E-state index in [2.05, 4.69) is 69.4 Å². The molecule has 6 nitrogen and oxygen atoms in total. The van der Waals surface area contributed by atoms with Crippen molar-refractivity contribution < 1.29 is 28.6 Å². The molecule has 0 fully saturated rings. The molecule has 1 atom stereocenters. The molecule has 0 rings (SSSR count). The Kier molecular flexibility index (Phi) is 54.8. The number of esters is 3. The maximum absolute atomic E-state index is 12.8. The fraction of sp³-hybridized carbons (Fsp3) is 0.823. The van der Waals surface area contributed by atoms with Crippen LogP contribution in [0.3, 0.4) is 0 Å². The highest BCUT2D eigenvalue weighted by molar-refractivity contribution is 5.71. The zero-order chi connectivity index (χ0) is 49.3. The fourth-order valence-corrected chi connectivity index (χ4v) is 8.67. The van der Waals surface area contributed by atoms with E-state index in [9.17, 15) is 14.4 Å². The van der Waals surface area contributed by atoms with Crippen LogP contribution in [0.15, 0.2) is 48.6 Å². The summed E-state index contributed by atoms with van der Waals surface area (Å²) in [6, 6.07) is 0. The minimum atomic E-state index is -0.772. The molecule has 0 aromatic heterocycles. The molecule has 0 amide bonds. The van der Waals surface area contributed by atoms with Crippen LogP contribution in [0.1, 0.15) is 310 Å². The molecule has 0 aromatic carbocycles. The van der Waals surface area contributed by atoms with Crippen molar-refractivity contribution in [3.05, 3.63) is 48.6 Å². The van der Waals surface area contributed by atoms with Gasteiger partial charge in [-0.15, -0.1) is 0 Å². The molecule has 0 aliphatic carbocycles. The Labute approximate surface area is 422 Å². The Hall–Kier alpha value is -2.63. The van der Waals surface area contributed by atoms with Gasteiger partial charge in [0.25, 0.3) is 0 Å². The van der Waals surface area contributed by atoms with Crippen molar-refractivity contribution in [1.29, 1.82) is 0 Å². The van der Waals surface area contributed by atoms with Gasteiger partial charge < -0.3 is 14.2 Å². The van der Waals surface area contributed by atoms with Crippen LogP contribution in [0.4, 0.5) is 0 Å². The van der Waals surface area contributed by atoms with Crippen LogP contribution >= 0.6 is 0 Å². The maximum atomic E-state index is 12.8. The Morgan fingerprint density at radius 1 is 0.309 bits per heavy atom. The fourth-order valence-electron chi connectivity index (χ4n) is 8.67. The van der Waals surface area contributed by atoms with E-state index in [4.69, 9.17) is 14.2 Å². The number of carbonyl (C=O) groups is 3. The monoisotopic (exact) mass is 953 g/mol. The van der Waals surface area contributed by atoms with Crippen molar-refractivity contribution in [3.63, 3.8) is 0 Å². The summed E-state index contributed by atoms with van der Waals surface area (Å²) in [7, 11) is 0. The largest absolute Gasteiger partial charge is 0.462 e. The number of carbonyl (C=O) groups excluding carboxylic acids is 3. The normalized spacial score (nSPS) is 12.3. The molecule has 0 heterocycles. The quantitative estimate of drug-likeness (QED) is 0.0262. The summed E-state index contributed by atoms with van der Waals surface area (Å²) in [5, 5.41) is 0. The average Bonchev–Trinajstić information content (AvgIpc) is 3.34. The molecule has 0 spiro atoms. The number of rotatable bonds is 54. The van der Waals surface area contributed by atoms with Crippen molar-refractivity contribution in [2.24, 2.45) is 0 Å². The molecule has 6 heteroatoms. The first-order valence-electron chi connectivity index (χ1n) is 29.6. The highest BCUT2D eigenvalue weighted by Crippen LogP contribution is 2.17. The lowest BCUT2D eigenvalue weighted by Gasteiger charge is -2.18. The topological polar surface area (TPSA) is 78.9 Å². The van der Waals surface area contributed by atoms with Crippen LogP contribution in [0.5, 0.6) is 0 Å². The molecule has 0 saturated heterocycles. The molecule has 0 saturated carbocycles. The Balaban J connectivity index is 4.05. The van der Waals surface area contributed by atoms with Crippen molar-refractivity contribution in [2.45, 2.75) is 316 Å². The van der Waals surface area contributed by atoms with Gasteiger partial charge in [-0.1, -0.05) is 281 Å². The summed E-state index contributed by atoms with van der Waals surface area (Å²) < 4.78 is 16.7. The van der Waals surface area contributed by atoms with E-state index in [1.54, 1.807) is 0 Å². The predicted octanol–water partition coefficient (Wildman–Crippen LogP) is 19.8. The molecular formula is C62H112O6. The van der Waals surface area contributed by atoms with E-state index < -0.39 is 6.10 Å². The number of ether oxygens (including phenoxy) is 3. The minimum absolute atomic E-state index is 0.0734. The van der Waals surface area contributed by atoms with Gasteiger partial charge in [0, 0.05) is 19.3 Å². The lowest BCUT2D eigenvalue weighted by Crippen LogP contribution is -2.30. The van der Waals surface area contributed by atoms with Gasteiger partial charge in [0.2, 0.25) is 0 Å². The van der Waals surface area contributed by atoms with Crippen LogP contribution < -0.4 is 0 Å². The molecule has 1 unspecified atom stereocenters. The molecule has 0 aliphatic heterocycles. The smallest absolute Gasteiger partial charge is 0.306 e. The summed E-state index contributed by atoms with van der Waals surface area (Å²) in [4.78, 5) is 37.8. The van der Waals surface area contributed by atoms with Crippen molar-refractivity contribution >= 4 is 17.9 Å². The number of hydrogen-bond donors (Lipinski definition) is 0. The summed E-state index contributed by atoms with van der Waals surface area (Å²) in [5.74, 6) is -0.881. The second-order valence-corrected chi connectivity index (χ2v) is 19.9. The summed E-state index contributed by atoms with van der Waals surface area (Å²) in [5.41, 5.74) is 0. The molecule has 68 heavy (non-hydrogen) atoms. The predicted molar refractivity (Wildman–Crippen MR) is 293 cm³/mol. The SMILES string of the molecule is CC/C=C\C/C=C\C/C=C\C/C=C\CCCCCCCCCCC(=O)OC(COC(=O)CCCCCCC)COC(=O)CCCCCCCCCCCCCCCCCCCCCCCCCC. The van der Waals surface area contributed by atoms with Crippen LogP contribution in [-0.4, -0.2) is 37.2 Å². The van der Waals surface area contributed by atoms with Crippen molar-refractivity contribution in [2.75, 3.05) is 13.2 Å². The van der Waals surface area contributed by atoms with Crippen molar-refractivity contribution in [3.8, 4) is 0 Å². The molecule has 0 bridgehead atoms. The van der Waals surface area contributed by atoms with E-state index in [0.29, 0.717) is 19.3 Å². The number of unbranched alkanes of at least 4 members (excludes halogenated alkanes) is 35. The standard InChI is InChI=1S/C62H112O6/c1-4-7-10-13-15-17-19-21-23-25-27-29-30-31-33-34-36-38-40-42-44-46-49-52-55-61(64)67-58-59(57-66-60(63)54-51-48-12-9-6-3)68-62(65)56-53-50-47-45-43-41-39-37-35-32-28-26-24-22-20-18-16-14-11-8-5-2/h8,11,16,18,22,24,28,32,59H,4-7,9-10,12-15,17,19-21,23,25-27,29-31,33-58H2,1-3H3/b11-8-,18-16-,24-22-,32-28-. The molecule has 0 radical (unpaired) electrons.